The van der Waals surface area contributed by atoms with Crippen LogP contribution in [-0.4, -0.2) is 12.5 Å². The lowest BCUT2D eigenvalue weighted by Crippen LogP contribution is -2.28. The monoisotopic (exact) mass is 141 g/mol. The molecule has 1 aliphatic heterocycles. The Morgan fingerprint density at radius 3 is 2.40 bits per heavy atom. The molecule has 0 bridgehead atoms. The Bertz CT molecular complexity index is 130. The van der Waals surface area contributed by atoms with Crippen molar-refractivity contribution in [2.45, 2.75) is 19.3 Å². The molecule has 0 aliphatic carbocycles. The van der Waals surface area contributed by atoms with Crippen LogP contribution in [0, 0.1) is 11.5 Å². The van der Waals surface area contributed by atoms with Gasteiger partial charge in [-0.15, -0.1) is 0 Å². The summed E-state index contributed by atoms with van der Waals surface area (Å²) in [6.45, 7) is 0.888. The van der Waals surface area contributed by atoms with Crippen molar-refractivity contribution in [3.05, 3.63) is 0 Å². The smallest absolute Gasteiger partial charge is 0.219 e. The number of piperidine rings is 1. The maximum absolute atomic E-state index is 10.4. The maximum atomic E-state index is 10.4. The summed E-state index contributed by atoms with van der Waals surface area (Å²) in [7, 11) is 0. The fourth-order valence-corrected chi connectivity index (χ4v) is 0.727. The van der Waals surface area contributed by atoms with E-state index in [0.29, 0.717) is 0 Å². The second-order valence-corrected chi connectivity index (χ2v) is 1.94. The lowest BCUT2D eigenvalue weighted by atomic mass is 10.2. The molecule has 0 radical (unpaired) electrons. The summed E-state index contributed by atoms with van der Waals surface area (Å²) >= 11 is 0. The average Bonchev–Trinajstić information content (AvgIpc) is 1.91. The maximum Gasteiger partial charge on any atom is 0.219 e. The van der Waals surface area contributed by atoms with Crippen LogP contribution < -0.4 is 11.1 Å². The topological polar surface area (TPSA) is 78.9 Å². The number of carbonyl (C=O) groups is 1. The van der Waals surface area contributed by atoms with Gasteiger partial charge in [-0.1, -0.05) is 0 Å². The second kappa shape index (κ2) is 5.89. The van der Waals surface area contributed by atoms with Crippen LogP contribution in [0.25, 0.3) is 0 Å². The Balaban J connectivity index is 0.000000236. The van der Waals surface area contributed by atoms with Crippen molar-refractivity contribution in [3.63, 3.8) is 0 Å². The lowest BCUT2D eigenvalue weighted by Gasteiger charge is -2.08. The van der Waals surface area contributed by atoms with Crippen LogP contribution >= 0.6 is 0 Å². The van der Waals surface area contributed by atoms with Gasteiger partial charge < -0.3 is 11.1 Å². The van der Waals surface area contributed by atoms with E-state index in [9.17, 15) is 4.79 Å². The van der Waals surface area contributed by atoms with Gasteiger partial charge in [-0.3, -0.25) is 4.79 Å². The van der Waals surface area contributed by atoms with Crippen LogP contribution in [0.2, 0.25) is 0 Å². The molecule has 0 aromatic rings. The highest BCUT2D eigenvalue weighted by molar-refractivity contribution is 5.76. The van der Waals surface area contributed by atoms with Crippen molar-refractivity contribution >= 4 is 5.91 Å². The third-order valence-electron chi connectivity index (χ3n) is 1.15. The van der Waals surface area contributed by atoms with Gasteiger partial charge in [-0.2, -0.15) is 5.26 Å². The van der Waals surface area contributed by atoms with E-state index in [0.717, 1.165) is 25.8 Å². The van der Waals surface area contributed by atoms with Crippen LogP contribution in [0.3, 0.4) is 0 Å². The minimum atomic E-state index is 0.214. The molecular weight excluding hydrogens is 130 g/mol. The van der Waals surface area contributed by atoms with Crippen molar-refractivity contribution in [2.75, 3.05) is 6.54 Å². The van der Waals surface area contributed by atoms with E-state index >= 15 is 0 Å². The molecular formula is C6H11N3O. The zero-order chi connectivity index (χ0) is 7.82. The largest absolute Gasteiger partial charge is 0.356 e. The normalized spacial score (nSPS) is 15.7. The van der Waals surface area contributed by atoms with Gasteiger partial charge in [0.2, 0.25) is 5.91 Å². The lowest BCUT2D eigenvalue weighted by molar-refractivity contribution is -0.122. The highest BCUT2D eigenvalue weighted by Gasteiger charge is 2.04. The van der Waals surface area contributed by atoms with Gasteiger partial charge in [0.15, 0.2) is 6.19 Å². The highest BCUT2D eigenvalue weighted by atomic mass is 16.1. The molecule has 0 atom stereocenters. The van der Waals surface area contributed by atoms with Crippen LogP contribution in [0.1, 0.15) is 19.3 Å². The van der Waals surface area contributed by atoms with Crippen molar-refractivity contribution in [3.8, 4) is 6.19 Å². The Labute approximate surface area is 60.0 Å². The molecule has 1 aliphatic rings. The summed E-state index contributed by atoms with van der Waals surface area (Å²) in [6, 6.07) is 0. The van der Waals surface area contributed by atoms with Crippen molar-refractivity contribution in [2.24, 2.45) is 5.73 Å². The highest BCUT2D eigenvalue weighted by Crippen LogP contribution is 1.98. The van der Waals surface area contributed by atoms with Crippen LogP contribution in [0.15, 0.2) is 0 Å². The molecule has 0 spiro atoms. The summed E-state index contributed by atoms with van der Waals surface area (Å²) in [6.07, 6.45) is 4.22. The first-order valence-electron chi connectivity index (χ1n) is 3.17. The number of rotatable bonds is 0. The van der Waals surface area contributed by atoms with Gasteiger partial charge in [0.1, 0.15) is 0 Å². The van der Waals surface area contributed by atoms with E-state index in [4.69, 9.17) is 5.26 Å². The number of hydrogen-bond donors (Lipinski definition) is 2. The molecule has 1 heterocycles. The zero-order valence-electron chi connectivity index (χ0n) is 5.76. The van der Waals surface area contributed by atoms with Crippen LogP contribution in [-0.2, 0) is 4.79 Å². The van der Waals surface area contributed by atoms with Crippen LogP contribution in [0.5, 0.6) is 0 Å². The molecule has 1 rings (SSSR count). The minimum absolute atomic E-state index is 0.214. The van der Waals surface area contributed by atoms with Gasteiger partial charge in [-0.05, 0) is 12.8 Å². The molecule has 3 N–H and O–H groups in total. The van der Waals surface area contributed by atoms with Crippen molar-refractivity contribution < 1.29 is 4.79 Å². The average molecular weight is 141 g/mol. The van der Waals surface area contributed by atoms with Gasteiger partial charge in [0, 0.05) is 13.0 Å². The summed E-state index contributed by atoms with van der Waals surface area (Å²) in [5.74, 6) is 0.214. The number of nitriles is 1. The molecule has 0 aromatic carbocycles. The third kappa shape index (κ3) is 4.91. The molecule has 4 heteroatoms. The molecule has 1 fully saturated rings. The Morgan fingerprint density at radius 1 is 1.60 bits per heavy atom. The van der Waals surface area contributed by atoms with E-state index < -0.39 is 0 Å². The number of carbonyl (C=O) groups excluding carboxylic acids is 1. The first-order valence-corrected chi connectivity index (χ1v) is 3.17. The quantitative estimate of drug-likeness (QED) is 0.359. The number of nitrogens with two attached hydrogens (primary N) is 1. The van der Waals surface area contributed by atoms with Crippen molar-refractivity contribution in [1.29, 1.82) is 5.26 Å². The summed E-state index contributed by atoms with van der Waals surface area (Å²) in [5.41, 5.74) is 4.15. The summed E-state index contributed by atoms with van der Waals surface area (Å²) in [4.78, 5) is 10.4. The fraction of sp³-hybridized carbons (Fsp3) is 0.667. The predicted molar refractivity (Wildman–Crippen MR) is 36.7 cm³/mol. The van der Waals surface area contributed by atoms with E-state index in [1.165, 1.54) is 6.19 Å². The second-order valence-electron chi connectivity index (χ2n) is 1.94. The first kappa shape index (κ1) is 8.76. The number of amides is 1. The fourth-order valence-electron chi connectivity index (χ4n) is 0.727. The molecule has 0 saturated carbocycles. The van der Waals surface area contributed by atoms with Crippen molar-refractivity contribution in [1.82, 2.24) is 5.32 Å². The molecule has 0 unspecified atom stereocenters. The molecule has 10 heavy (non-hydrogen) atoms. The third-order valence-corrected chi connectivity index (χ3v) is 1.15. The molecule has 1 saturated heterocycles. The minimum Gasteiger partial charge on any atom is -0.356 e. The standard InChI is InChI=1S/C5H9NO.CH2N2/c7-5-3-1-2-4-6-5;2-1-3/h1-4H2,(H,6,7);2H2. The van der Waals surface area contributed by atoms with Gasteiger partial charge >= 0.3 is 0 Å². The molecule has 56 valence electrons. The van der Waals surface area contributed by atoms with E-state index in [-0.39, 0.29) is 5.91 Å². The number of nitrogens with zero attached hydrogens (tertiary/aromatic N) is 1. The molecule has 4 nitrogen and oxygen atoms in total. The summed E-state index contributed by atoms with van der Waals surface area (Å²) in [5, 5.41) is 9.84. The number of nitrogens with one attached hydrogen (secondary N) is 1. The van der Waals surface area contributed by atoms with Gasteiger partial charge in [0.25, 0.3) is 0 Å². The van der Waals surface area contributed by atoms with Gasteiger partial charge in [-0.25, -0.2) is 0 Å². The van der Waals surface area contributed by atoms with E-state index in [1.807, 2.05) is 0 Å². The Kier molecular flexibility index (Phi) is 5.16. The SMILES string of the molecule is N#CN.O=C1CCCCN1. The van der Waals surface area contributed by atoms with Gasteiger partial charge in [0.05, 0.1) is 0 Å². The van der Waals surface area contributed by atoms with E-state index in [2.05, 4.69) is 11.1 Å². The predicted octanol–water partition coefficient (Wildman–Crippen LogP) is -0.287. The Hall–Kier alpha value is -1.24. The van der Waals surface area contributed by atoms with Crippen LogP contribution in [0.4, 0.5) is 0 Å². The number of hydrogen-bond acceptors (Lipinski definition) is 3. The summed E-state index contributed by atoms with van der Waals surface area (Å²) < 4.78 is 0. The Morgan fingerprint density at radius 2 is 2.20 bits per heavy atom. The van der Waals surface area contributed by atoms with E-state index in [1.54, 1.807) is 0 Å². The molecule has 1 amide bonds. The first-order chi connectivity index (χ1) is 4.81. The zero-order valence-corrected chi connectivity index (χ0v) is 5.76. The molecule has 0 aromatic heterocycles.